The first-order valence-electron chi connectivity index (χ1n) is 5.44. The van der Waals surface area contributed by atoms with E-state index >= 15 is 0 Å². The molecule has 5 heteroatoms. The third kappa shape index (κ3) is 3.79. The van der Waals surface area contributed by atoms with Crippen molar-refractivity contribution in [1.29, 1.82) is 0 Å². The van der Waals surface area contributed by atoms with Crippen LogP contribution in [0.1, 0.15) is 28.8 Å². The molecule has 0 aliphatic carbocycles. The summed E-state index contributed by atoms with van der Waals surface area (Å²) in [6.07, 6.45) is 0.802. The zero-order chi connectivity index (χ0) is 12.8. The molecule has 5 N–H and O–H groups in total. The van der Waals surface area contributed by atoms with Gasteiger partial charge >= 0.3 is 0 Å². The number of aryl methyl sites for hydroxylation is 1. The van der Waals surface area contributed by atoms with E-state index in [1.54, 1.807) is 12.1 Å². The quantitative estimate of drug-likeness (QED) is 0.514. The summed E-state index contributed by atoms with van der Waals surface area (Å²) in [7, 11) is 0. The van der Waals surface area contributed by atoms with Gasteiger partial charge in [-0.25, -0.2) is 0 Å². The first-order valence-corrected chi connectivity index (χ1v) is 5.44. The van der Waals surface area contributed by atoms with Crippen molar-refractivity contribution < 1.29 is 9.59 Å². The van der Waals surface area contributed by atoms with Gasteiger partial charge in [-0.05, 0) is 25.0 Å². The van der Waals surface area contributed by atoms with Crippen LogP contribution in [-0.2, 0) is 4.79 Å². The topological polar surface area (TPSA) is 98.2 Å². The summed E-state index contributed by atoms with van der Waals surface area (Å²) in [6.45, 7) is 2.24. The number of amides is 2. The van der Waals surface area contributed by atoms with E-state index in [1.807, 2.05) is 13.0 Å². The van der Waals surface area contributed by atoms with E-state index in [-0.39, 0.29) is 18.2 Å². The molecular formula is C12H17N3O2. The van der Waals surface area contributed by atoms with Gasteiger partial charge in [0.15, 0.2) is 0 Å². The van der Waals surface area contributed by atoms with E-state index in [2.05, 4.69) is 5.32 Å². The second kappa shape index (κ2) is 5.89. The Labute approximate surface area is 100 Å². The Balaban J connectivity index is 2.55. The van der Waals surface area contributed by atoms with Crippen LogP contribution >= 0.6 is 0 Å². The van der Waals surface area contributed by atoms with Gasteiger partial charge in [0.25, 0.3) is 5.91 Å². The van der Waals surface area contributed by atoms with Crippen molar-refractivity contribution in [1.82, 2.24) is 5.32 Å². The van der Waals surface area contributed by atoms with Crippen molar-refractivity contribution in [3.8, 4) is 0 Å². The summed E-state index contributed by atoms with van der Waals surface area (Å²) in [5, 5.41) is 2.71. The van der Waals surface area contributed by atoms with Crippen LogP contribution in [0.5, 0.6) is 0 Å². The summed E-state index contributed by atoms with van der Waals surface area (Å²) in [5.74, 6) is -0.584. The van der Waals surface area contributed by atoms with Crippen LogP contribution in [0.4, 0.5) is 5.69 Å². The van der Waals surface area contributed by atoms with E-state index in [4.69, 9.17) is 11.5 Å². The van der Waals surface area contributed by atoms with E-state index in [1.165, 1.54) is 0 Å². The Morgan fingerprint density at radius 3 is 2.65 bits per heavy atom. The minimum Gasteiger partial charge on any atom is -0.398 e. The summed E-state index contributed by atoms with van der Waals surface area (Å²) < 4.78 is 0. The molecule has 1 rings (SSSR count). The van der Waals surface area contributed by atoms with Gasteiger partial charge in [0, 0.05) is 18.7 Å². The van der Waals surface area contributed by atoms with E-state index < -0.39 is 0 Å². The highest BCUT2D eigenvalue weighted by molar-refractivity contribution is 6.00. The molecule has 0 aliphatic heterocycles. The first kappa shape index (κ1) is 13.0. The Kier molecular flexibility index (Phi) is 4.51. The van der Waals surface area contributed by atoms with Crippen LogP contribution in [0, 0.1) is 6.92 Å². The summed E-state index contributed by atoms with van der Waals surface area (Å²) in [4.78, 5) is 22.3. The lowest BCUT2D eigenvalue weighted by molar-refractivity contribution is -0.118. The van der Waals surface area contributed by atoms with Gasteiger partial charge < -0.3 is 16.8 Å². The summed E-state index contributed by atoms with van der Waals surface area (Å²) in [5.41, 5.74) is 12.5. The second-order valence-electron chi connectivity index (χ2n) is 3.86. The molecule has 0 unspecified atom stereocenters. The van der Waals surface area contributed by atoms with Crippen molar-refractivity contribution in [2.24, 2.45) is 5.73 Å². The minimum absolute atomic E-state index is 0.218. The van der Waals surface area contributed by atoms with Crippen LogP contribution in [-0.4, -0.2) is 18.4 Å². The van der Waals surface area contributed by atoms with Crippen molar-refractivity contribution in [2.45, 2.75) is 19.8 Å². The van der Waals surface area contributed by atoms with Crippen molar-refractivity contribution in [3.05, 3.63) is 29.3 Å². The molecule has 0 bridgehead atoms. The highest BCUT2D eigenvalue weighted by Crippen LogP contribution is 2.15. The molecule has 0 saturated heterocycles. The summed E-state index contributed by atoms with van der Waals surface area (Å²) >= 11 is 0. The number of nitrogen functional groups attached to an aromatic ring is 1. The third-order valence-corrected chi connectivity index (χ3v) is 2.42. The smallest absolute Gasteiger partial charge is 0.253 e. The number of rotatable bonds is 5. The maximum Gasteiger partial charge on any atom is 0.253 e. The van der Waals surface area contributed by atoms with Gasteiger partial charge in [-0.15, -0.1) is 0 Å². The lowest BCUT2D eigenvalue weighted by Gasteiger charge is -2.09. The lowest BCUT2D eigenvalue weighted by Crippen LogP contribution is -2.27. The maximum atomic E-state index is 11.8. The van der Waals surface area contributed by atoms with Crippen LogP contribution < -0.4 is 16.8 Å². The highest BCUT2D eigenvalue weighted by atomic mass is 16.2. The monoisotopic (exact) mass is 235 g/mol. The molecule has 0 saturated carbocycles. The number of carbonyl (C=O) groups is 2. The third-order valence-electron chi connectivity index (χ3n) is 2.42. The molecule has 0 aliphatic rings. The Morgan fingerprint density at radius 2 is 2.06 bits per heavy atom. The van der Waals surface area contributed by atoms with Crippen LogP contribution in [0.15, 0.2) is 18.2 Å². The molecule has 0 spiro atoms. The standard InChI is InChI=1S/C12H17N3O2/c1-8-4-2-5-9(13)11(8)12(17)15-7-3-6-10(14)16/h2,4-5H,3,6-7,13H2,1H3,(H2,14,16)(H,15,17). The molecule has 0 fully saturated rings. The number of carbonyl (C=O) groups excluding carboxylic acids is 2. The predicted octanol–water partition coefficient (Wildman–Crippen LogP) is 0.573. The summed E-state index contributed by atoms with van der Waals surface area (Å²) in [6, 6.07) is 5.31. The molecular weight excluding hydrogens is 218 g/mol. The molecule has 1 aromatic rings. The largest absolute Gasteiger partial charge is 0.398 e. The normalized spacial score (nSPS) is 9.94. The second-order valence-corrected chi connectivity index (χ2v) is 3.86. The molecule has 5 nitrogen and oxygen atoms in total. The fourth-order valence-corrected chi connectivity index (χ4v) is 1.55. The fraction of sp³-hybridized carbons (Fsp3) is 0.333. The number of hydrogen-bond acceptors (Lipinski definition) is 3. The minimum atomic E-state index is -0.366. The van der Waals surface area contributed by atoms with Gasteiger partial charge in [0.05, 0.1) is 5.56 Å². The van der Waals surface area contributed by atoms with Gasteiger partial charge in [-0.2, -0.15) is 0 Å². The number of primary amides is 1. The Hall–Kier alpha value is -2.04. The van der Waals surface area contributed by atoms with E-state index in [0.29, 0.717) is 24.2 Å². The van der Waals surface area contributed by atoms with Crippen molar-refractivity contribution >= 4 is 17.5 Å². The molecule has 2 amide bonds. The van der Waals surface area contributed by atoms with E-state index in [0.717, 1.165) is 5.56 Å². The van der Waals surface area contributed by atoms with Gasteiger partial charge in [0.1, 0.15) is 0 Å². The Morgan fingerprint density at radius 1 is 1.35 bits per heavy atom. The average molecular weight is 235 g/mol. The Bertz CT molecular complexity index is 410. The SMILES string of the molecule is Cc1cccc(N)c1C(=O)NCCCC(N)=O. The molecule has 0 atom stereocenters. The lowest BCUT2D eigenvalue weighted by atomic mass is 10.1. The average Bonchev–Trinajstić information content (AvgIpc) is 2.24. The molecule has 0 heterocycles. The van der Waals surface area contributed by atoms with Gasteiger partial charge in [-0.3, -0.25) is 9.59 Å². The number of nitrogens with one attached hydrogen (secondary N) is 1. The molecule has 17 heavy (non-hydrogen) atoms. The highest BCUT2D eigenvalue weighted by Gasteiger charge is 2.11. The van der Waals surface area contributed by atoms with Crippen LogP contribution in [0.2, 0.25) is 0 Å². The maximum absolute atomic E-state index is 11.8. The van der Waals surface area contributed by atoms with E-state index in [9.17, 15) is 9.59 Å². The zero-order valence-electron chi connectivity index (χ0n) is 9.82. The number of hydrogen-bond donors (Lipinski definition) is 3. The molecule has 0 aromatic heterocycles. The first-order chi connectivity index (χ1) is 8.02. The molecule has 0 radical (unpaired) electrons. The number of nitrogens with two attached hydrogens (primary N) is 2. The number of anilines is 1. The number of benzene rings is 1. The van der Waals surface area contributed by atoms with Gasteiger partial charge in [-0.1, -0.05) is 12.1 Å². The molecule has 1 aromatic carbocycles. The van der Waals surface area contributed by atoms with Gasteiger partial charge in [0.2, 0.25) is 5.91 Å². The molecule has 92 valence electrons. The van der Waals surface area contributed by atoms with Crippen LogP contribution in [0.25, 0.3) is 0 Å². The van der Waals surface area contributed by atoms with Crippen molar-refractivity contribution in [2.75, 3.05) is 12.3 Å². The van der Waals surface area contributed by atoms with Crippen molar-refractivity contribution in [3.63, 3.8) is 0 Å². The fourth-order valence-electron chi connectivity index (χ4n) is 1.55. The predicted molar refractivity (Wildman–Crippen MR) is 66.4 cm³/mol. The van der Waals surface area contributed by atoms with Crippen LogP contribution in [0.3, 0.4) is 0 Å². The zero-order valence-corrected chi connectivity index (χ0v) is 9.82.